The van der Waals surface area contributed by atoms with Crippen LogP contribution in [0.4, 0.5) is 0 Å². The topological polar surface area (TPSA) is 17.1 Å². The summed E-state index contributed by atoms with van der Waals surface area (Å²) in [6.45, 7) is 14.0. The summed E-state index contributed by atoms with van der Waals surface area (Å²) in [6, 6.07) is 0. The quantitative estimate of drug-likeness (QED) is 0.643. The number of ketones is 1. The number of rotatable bonds is 3. The van der Waals surface area contributed by atoms with E-state index < -0.39 is 0 Å². The molecule has 0 bridgehead atoms. The molecule has 1 aliphatic rings. The maximum Gasteiger partial charge on any atom is 0.132 e. The largest absolute Gasteiger partial charge is 0.300 e. The lowest BCUT2D eigenvalue weighted by atomic mass is 9.55. The predicted molar refractivity (Wildman–Crippen MR) is 64.6 cm³/mol. The van der Waals surface area contributed by atoms with Gasteiger partial charge in [-0.25, -0.2) is 0 Å². The van der Waals surface area contributed by atoms with Gasteiger partial charge in [0.25, 0.3) is 0 Å². The SMILES string of the molecule is C=C[C@@]1(C)CC[C@H](C(C)=O)C[C@]1(C)C=C. The standard InChI is InChI=1S/C14H22O/c1-6-13(4)9-8-12(11(3)15)10-14(13,5)7-2/h6-7,12H,1-2,8-10H2,3-5H3/t12-,13-,14-/m0/s1. The highest BCUT2D eigenvalue weighted by Crippen LogP contribution is 2.53. The van der Waals surface area contributed by atoms with Gasteiger partial charge in [0.05, 0.1) is 0 Å². The van der Waals surface area contributed by atoms with Gasteiger partial charge < -0.3 is 0 Å². The average molecular weight is 206 g/mol. The molecule has 0 aromatic carbocycles. The summed E-state index contributed by atoms with van der Waals surface area (Å²) >= 11 is 0. The lowest BCUT2D eigenvalue weighted by Gasteiger charge is -2.49. The van der Waals surface area contributed by atoms with Crippen molar-refractivity contribution >= 4 is 5.78 Å². The third kappa shape index (κ3) is 1.92. The van der Waals surface area contributed by atoms with E-state index in [-0.39, 0.29) is 16.7 Å². The monoisotopic (exact) mass is 206 g/mol. The van der Waals surface area contributed by atoms with Crippen molar-refractivity contribution in [2.24, 2.45) is 16.7 Å². The van der Waals surface area contributed by atoms with Crippen LogP contribution in [0.1, 0.15) is 40.0 Å². The number of carbonyl (C=O) groups excluding carboxylic acids is 1. The van der Waals surface area contributed by atoms with Crippen molar-refractivity contribution < 1.29 is 4.79 Å². The Bertz CT molecular complexity index is 292. The number of hydrogen-bond donors (Lipinski definition) is 0. The summed E-state index contributed by atoms with van der Waals surface area (Å²) in [6.07, 6.45) is 6.97. The first-order valence-corrected chi connectivity index (χ1v) is 5.66. The second kappa shape index (κ2) is 3.96. The highest BCUT2D eigenvalue weighted by molar-refractivity contribution is 5.78. The van der Waals surface area contributed by atoms with Crippen LogP contribution in [-0.4, -0.2) is 5.78 Å². The fraction of sp³-hybridized carbons (Fsp3) is 0.643. The zero-order valence-electron chi connectivity index (χ0n) is 10.2. The summed E-state index contributed by atoms with van der Waals surface area (Å²) in [5.41, 5.74) is 0.0873. The Balaban J connectivity index is 2.98. The van der Waals surface area contributed by atoms with E-state index in [4.69, 9.17) is 0 Å². The molecule has 0 radical (unpaired) electrons. The predicted octanol–water partition coefficient (Wildman–Crippen LogP) is 3.76. The molecule has 1 nitrogen and oxygen atoms in total. The van der Waals surface area contributed by atoms with Crippen molar-refractivity contribution in [2.45, 2.75) is 40.0 Å². The van der Waals surface area contributed by atoms with Crippen LogP contribution in [0.25, 0.3) is 0 Å². The summed E-state index contributed by atoms with van der Waals surface area (Å²) in [5, 5.41) is 0. The third-order valence-electron chi connectivity index (χ3n) is 4.46. The molecule has 1 fully saturated rings. The van der Waals surface area contributed by atoms with Crippen molar-refractivity contribution in [3.63, 3.8) is 0 Å². The second-order valence-electron chi connectivity index (χ2n) is 5.29. The normalized spacial score (nSPS) is 40.9. The molecule has 3 atom stereocenters. The summed E-state index contributed by atoms with van der Waals surface area (Å²) in [7, 11) is 0. The Morgan fingerprint density at radius 1 is 1.27 bits per heavy atom. The summed E-state index contributed by atoms with van der Waals surface area (Å²) in [4.78, 5) is 11.4. The Morgan fingerprint density at radius 3 is 2.20 bits per heavy atom. The Hall–Kier alpha value is -0.850. The van der Waals surface area contributed by atoms with Gasteiger partial charge in [-0.05, 0) is 37.0 Å². The van der Waals surface area contributed by atoms with E-state index in [9.17, 15) is 4.79 Å². The van der Waals surface area contributed by atoms with Gasteiger partial charge in [-0.2, -0.15) is 0 Å². The minimum atomic E-state index is 0.00331. The van der Waals surface area contributed by atoms with Gasteiger partial charge in [0.15, 0.2) is 0 Å². The Labute approximate surface area is 93.3 Å². The average Bonchev–Trinajstić information content (AvgIpc) is 2.22. The number of Topliss-reactive ketones (excluding diaryl/α,β-unsaturated/α-hetero) is 1. The molecule has 0 aromatic rings. The third-order valence-corrected chi connectivity index (χ3v) is 4.46. The van der Waals surface area contributed by atoms with Crippen LogP contribution in [0.2, 0.25) is 0 Å². The lowest BCUT2D eigenvalue weighted by Crippen LogP contribution is -2.41. The van der Waals surface area contributed by atoms with Crippen molar-refractivity contribution in [2.75, 3.05) is 0 Å². The van der Waals surface area contributed by atoms with Crippen LogP contribution in [0, 0.1) is 16.7 Å². The van der Waals surface area contributed by atoms with Gasteiger partial charge in [0.2, 0.25) is 0 Å². The van der Waals surface area contributed by atoms with E-state index in [1.165, 1.54) is 0 Å². The van der Waals surface area contributed by atoms with Crippen molar-refractivity contribution in [1.82, 2.24) is 0 Å². The summed E-state index contributed by atoms with van der Waals surface area (Å²) < 4.78 is 0. The molecule has 1 aliphatic carbocycles. The van der Waals surface area contributed by atoms with Crippen LogP contribution in [0.3, 0.4) is 0 Å². The van der Waals surface area contributed by atoms with Crippen LogP contribution in [0.5, 0.6) is 0 Å². The minimum Gasteiger partial charge on any atom is -0.300 e. The molecule has 1 saturated carbocycles. The minimum absolute atomic E-state index is 0.00331. The van der Waals surface area contributed by atoms with Gasteiger partial charge >= 0.3 is 0 Å². The Morgan fingerprint density at radius 2 is 1.80 bits per heavy atom. The van der Waals surface area contributed by atoms with Gasteiger partial charge in [-0.3, -0.25) is 4.79 Å². The molecule has 0 heterocycles. The number of carbonyl (C=O) groups is 1. The maximum atomic E-state index is 11.4. The van der Waals surface area contributed by atoms with Crippen LogP contribution in [0.15, 0.2) is 25.3 Å². The van der Waals surface area contributed by atoms with E-state index >= 15 is 0 Å². The fourth-order valence-electron chi connectivity index (χ4n) is 2.61. The lowest BCUT2D eigenvalue weighted by molar-refractivity contribution is -0.124. The molecule has 0 saturated heterocycles. The van der Waals surface area contributed by atoms with E-state index in [1.807, 2.05) is 12.2 Å². The molecule has 1 rings (SSSR count). The van der Waals surface area contributed by atoms with Crippen LogP contribution < -0.4 is 0 Å². The zero-order valence-corrected chi connectivity index (χ0v) is 10.2. The molecule has 0 aliphatic heterocycles. The van der Waals surface area contributed by atoms with Gasteiger partial charge in [-0.15, -0.1) is 13.2 Å². The van der Waals surface area contributed by atoms with Crippen LogP contribution >= 0.6 is 0 Å². The molecule has 0 N–H and O–H groups in total. The molecule has 15 heavy (non-hydrogen) atoms. The number of hydrogen-bond acceptors (Lipinski definition) is 1. The van der Waals surface area contributed by atoms with E-state index in [2.05, 4.69) is 27.0 Å². The molecule has 84 valence electrons. The zero-order chi connectivity index (χ0) is 11.7. The fourth-order valence-corrected chi connectivity index (χ4v) is 2.61. The first-order chi connectivity index (χ1) is 6.88. The first-order valence-electron chi connectivity index (χ1n) is 5.66. The molecule has 0 amide bonds. The molecular weight excluding hydrogens is 184 g/mol. The molecule has 0 aromatic heterocycles. The van der Waals surface area contributed by atoms with E-state index in [0.29, 0.717) is 5.78 Å². The first kappa shape index (κ1) is 12.2. The second-order valence-corrected chi connectivity index (χ2v) is 5.29. The van der Waals surface area contributed by atoms with E-state index in [0.717, 1.165) is 19.3 Å². The molecule has 0 unspecified atom stereocenters. The van der Waals surface area contributed by atoms with Crippen molar-refractivity contribution in [3.8, 4) is 0 Å². The molecular formula is C14H22O. The molecule has 1 heteroatoms. The van der Waals surface area contributed by atoms with Gasteiger partial charge in [0.1, 0.15) is 5.78 Å². The smallest absolute Gasteiger partial charge is 0.132 e. The Kier molecular flexibility index (Phi) is 3.22. The van der Waals surface area contributed by atoms with Crippen molar-refractivity contribution in [3.05, 3.63) is 25.3 Å². The van der Waals surface area contributed by atoms with Gasteiger partial charge in [-0.1, -0.05) is 26.0 Å². The number of allylic oxidation sites excluding steroid dienone is 2. The van der Waals surface area contributed by atoms with Gasteiger partial charge in [0, 0.05) is 5.92 Å². The molecule has 0 spiro atoms. The van der Waals surface area contributed by atoms with E-state index in [1.54, 1.807) is 6.92 Å². The highest BCUT2D eigenvalue weighted by Gasteiger charge is 2.45. The van der Waals surface area contributed by atoms with Crippen LogP contribution in [-0.2, 0) is 4.79 Å². The summed E-state index contributed by atoms with van der Waals surface area (Å²) in [5.74, 6) is 0.523. The highest BCUT2D eigenvalue weighted by atomic mass is 16.1. The van der Waals surface area contributed by atoms with Crippen molar-refractivity contribution in [1.29, 1.82) is 0 Å². The maximum absolute atomic E-state index is 11.4.